The Balaban J connectivity index is 1.55. The largest absolute Gasteiger partial charge is 0.365 e. The lowest BCUT2D eigenvalue weighted by Crippen LogP contribution is -2.42. The minimum Gasteiger partial charge on any atom is -0.365 e. The summed E-state index contributed by atoms with van der Waals surface area (Å²) in [6.07, 6.45) is -0.0179. The summed E-state index contributed by atoms with van der Waals surface area (Å²) in [5, 5.41) is 15.0. The van der Waals surface area contributed by atoms with Crippen LogP contribution in [0.1, 0.15) is 22.7 Å². The van der Waals surface area contributed by atoms with E-state index in [-0.39, 0.29) is 11.5 Å². The Morgan fingerprint density at radius 1 is 1.46 bits per heavy atom. The number of carbonyl (C=O) groups excluding carboxylic acids is 1. The molecule has 0 spiro atoms. The number of nitrogens with one attached hydrogen (secondary N) is 1. The summed E-state index contributed by atoms with van der Waals surface area (Å²) in [6, 6.07) is 8.06. The lowest BCUT2D eigenvalue weighted by Gasteiger charge is -2.19. The maximum absolute atomic E-state index is 13.5. The topological polar surface area (TPSA) is 69.0 Å². The Hall–Kier alpha value is -2.15. The first-order chi connectivity index (χ1) is 13.3. The van der Waals surface area contributed by atoms with E-state index in [2.05, 4.69) is 10.3 Å². The second-order valence-corrected chi connectivity index (χ2v) is 8.13. The van der Waals surface area contributed by atoms with E-state index in [1.54, 1.807) is 23.6 Å². The van der Waals surface area contributed by atoms with Crippen LogP contribution in [-0.2, 0) is 11.2 Å². The number of thiazole rings is 1. The number of rotatable bonds is 5. The van der Waals surface area contributed by atoms with Crippen LogP contribution in [0.15, 0.2) is 29.6 Å². The molecule has 2 heterocycles. The maximum atomic E-state index is 13.5. The van der Waals surface area contributed by atoms with Gasteiger partial charge in [-0.2, -0.15) is 5.26 Å². The van der Waals surface area contributed by atoms with Crippen molar-refractivity contribution in [3.05, 3.63) is 50.9 Å². The smallest absolute Gasteiger partial charge is 0.268 e. The predicted octanol–water partition coefficient (Wildman–Crippen LogP) is 3.41. The molecule has 1 aromatic heterocycles. The number of hydrogen-bond donors (Lipinski definition) is 1. The van der Waals surface area contributed by atoms with Gasteiger partial charge in [-0.05, 0) is 17.7 Å². The van der Waals surface area contributed by atoms with Gasteiger partial charge in [-0.15, -0.1) is 11.3 Å². The number of nitrogens with zero attached hydrogens (tertiary/aromatic N) is 3. The number of carbonyl (C=O) groups is 1. The highest BCUT2D eigenvalue weighted by atomic mass is 35.5. The molecule has 2 aromatic rings. The van der Waals surface area contributed by atoms with Gasteiger partial charge in [0, 0.05) is 23.2 Å². The zero-order chi connectivity index (χ0) is 20.3. The molecule has 0 unspecified atom stereocenters. The normalized spacial score (nSPS) is 17.9. The lowest BCUT2D eigenvalue weighted by atomic mass is 10.2. The lowest BCUT2D eigenvalue weighted by molar-refractivity contribution is -0.131. The SMILES string of the molecule is N#C[C@@H]1CC(F)(F)CN1C(=O)CNC(=S)c1csc(Cc2ccc(Cl)cc2)n1. The molecule has 1 fully saturated rings. The van der Waals surface area contributed by atoms with Crippen molar-refractivity contribution in [3.63, 3.8) is 0 Å². The van der Waals surface area contributed by atoms with Crippen LogP contribution < -0.4 is 5.32 Å². The van der Waals surface area contributed by atoms with Crippen LogP contribution in [0.3, 0.4) is 0 Å². The number of benzene rings is 1. The first-order valence-electron chi connectivity index (χ1n) is 8.31. The molecule has 3 rings (SSSR count). The Morgan fingerprint density at radius 2 is 2.18 bits per heavy atom. The fourth-order valence-electron chi connectivity index (χ4n) is 2.82. The summed E-state index contributed by atoms with van der Waals surface area (Å²) < 4.78 is 26.9. The van der Waals surface area contributed by atoms with Crippen LogP contribution in [0.5, 0.6) is 0 Å². The quantitative estimate of drug-likeness (QED) is 0.721. The summed E-state index contributed by atoms with van der Waals surface area (Å²) in [6.45, 7) is -1.02. The van der Waals surface area contributed by atoms with E-state index in [1.807, 2.05) is 12.1 Å². The minimum atomic E-state index is -3.04. The molecule has 1 N–H and O–H groups in total. The third-order valence-corrected chi connectivity index (χ3v) is 5.65. The van der Waals surface area contributed by atoms with E-state index >= 15 is 0 Å². The molecular formula is C18H15ClF2N4OS2. The van der Waals surface area contributed by atoms with Gasteiger partial charge in [0.05, 0.1) is 24.2 Å². The van der Waals surface area contributed by atoms with Crippen LogP contribution in [0.4, 0.5) is 8.78 Å². The number of aromatic nitrogens is 1. The van der Waals surface area contributed by atoms with E-state index < -0.39 is 30.8 Å². The van der Waals surface area contributed by atoms with Crippen molar-refractivity contribution in [1.82, 2.24) is 15.2 Å². The number of halogens is 3. The summed E-state index contributed by atoms with van der Waals surface area (Å²) in [4.78, 5) is 17.8. The number of nitriles is 1. The molecule has 0 radical (unpaired) electrons. The molecule has 28 heavy (non-hydrogen) atoms. The van der Waals surface area contributed by atoms with E-state index in [0.29, 0.717) is 17.1 Å². The van der Waals surface area contributed by atoms with Gasteiger partial charge in [-0.25, -0.2) is 13.8 Å². The third-order valence-electron chi connectivity index (χ3n) is 4.19. The molecule has 1 aromatic carbocycles. The van der Waals surface area contributed by atoms with Gasteiger partial charge in [0.15, 0.2) is 0 Å². The number of amides is 1. The van der Waals surface area contributed by atoms with Gasteiger partial charge in [-0.1, -0.05) is 36.0 Å². The molecule has 1 aliphatic rings. The average molecular weight is 441 g/mol. The molecule has 1 saturated heterocycles. The number of hydrogen-bond acceptors (Lipinski definition) is 5. The highest BCUT2D eigenvalue weighted by Crippen LogP contribution is 2.31. The molecule has 0 aliphatic carbocycles. The molecular weight excluding hydrogens is 426 g/mol. The standard InChI is InChI=1S/C18H15ClF2N4OS2/c19-12-3-1-11(2-4-12)5-15-24-14(9-28-15)17(27)23-8-16(26)25-10-18(20,21)6-13(25)7-22/h1-4,9,13H,5-6,8,10H2,(H,23,27)/t13-/m0/s1. The average Bonchev–Trinajstić information content (AvgIpc) is 3.25. The van der Waals surface area contributed by atoms with Crippen molar-refractivity contribution < 1.29 is 13.6 Å². The highest BCUT2D eigenvalue weighted by Gasteiger charge is 2.47. The van der Waals surface area contributed by atoms with Crippen LogP contribution in [0.2, 0.25) is 5.02 Å². The summed E-state index contributed by atoms with van der Waals surface area (Å²) in [5.74, 6) is -3.63. The highest BCUT2D eigenvalue weighted by molar-refractivity contribution is 7.80. The summed E-state index contributed by atoms with van der Waals surface area (Å²) in [5.41, 5.74) is 1.57. The third kappa shape index (κ3) is 5.01. The molecule has 1 amide bonds. The minimum absolute atomic E-state index is 0.256. The Labute approximate surface area is 174 Å². The first-order valence-corrected chi connectivity index (χ1v) is 9.98. The van der Waals surface area contributed by atoms with Gasteiger partial charge in [0.25, 0.3) is 5.92 Å². The zero-order valence-corrected chi connectivity index (χ0v) is 16.9. The van der Waals surface area contributed by atoms with E-state index in [0.717, 1.165) is 15.5 Å². The van der Waals surface area contributed by atoms with Crippen molar-refractivity contribution in [1.29, 1.82) is 5.26 Å². The number of thiocarbonyl (C=S) groups is 1. The van der Waals surface area contributed by atoms with Gasteiger partial charge < -0.3 is 10.2 Å². The van der Waals surface area contributed by atoms with Crippen molar-refractivity contribution in [2.75, 3.05) is 13.1 Å². The first kappa shape index (κ1) is 20.6. The van der Waals surface area contributed by atoms with Crippen molar-refractivity contribution in [3.8, 4) is 6.07 Å². The Morgan fingerprint density at radius 3 is 2.86 bits per heavy atom. The molecule has 146 valence electrons. The van der Waals surface area contributed by atoms with Gasteiger partial charge in [-0.3, -0.25) is 4.79 Å². The Bertz CT molecular complexity index is 926. The molecule has 1 atom stereocenters. The summed E-state index contributed by atoms with van der Waals surface area (Å²) >= 11 is 12.5. The second kappa shape index (κ2) is 8.47. The second-order valence-electron chi connectivity index (χ2n) is 6.34. The fraction of sp³-hybridized carbons (Fsp3) is 0.333. The molecule has 10 heteroatoms. The molecule has 1 aliphatic heterocycles. The van der Waals surface area contributed by atoms with Crippen molar-refractivity contribution >= 4 is 46.1 Å². The van der Waals surface area contributed by atoms with Crippen LogP contribution in [0.25, 0.3) is 0 Å². The number of likely N-dealkylation sites (tertiary alicyclic amines) is 1. The predicted molar refractivity (Wildman–Crippen MR) is 107 cm³/mol. The van der Waals surface area contributed by atoms with Crippen molar-refractivity contribution in [2.24, 2.45) is 0 Å². The molecule has 5 nitrogen and oxygen atoms in total. The van der Waals surface area contributed by atoms with E-state index in [1.165, 1.54) is 11.3 Å². The van der Waals surface area contributed by atoms with Gasteiger partial charge in [0.1, 0.15) is 16.7 Å². The monoisotopic (exact) mass is 440 g/mol. The Kier molecular flexibility index (Phi) is 6.23. The fourth-order valence-corrected chi connectivity index (χ4v) is 4.01. The van der Waals surface area contributed by atoms with Crippen LogP contribution >= 0.6 is 35.2 Å². The van der Waals surface area contributed by atoms with Gasteiger partial charge >= 0.3 is 0 Å². The van der Waals surface area contributed by atoms with E-state index in [9.17, 15) is 13.6 Å². The zero-order valence-electron chi connectivity index (χ0n) is 14.5. The summed E-state index contributed by atoms with van der Waals surface area (Å²) in [7, 11) is 0. The van der Waals surface area contributed by atoms with Crippen molar-refractivity contribution in [2.45, 2.75) is 24.8 Å². The van der Waals surface area contributed by atoms with Gasteiger partial charge in [0.2, 0.25) is 5.91 Å². The van der Waals surface area contributed by atoms with Crippen LogP contribution in [0, 0.1) is 11.3 Å². The maximum Gasteiger partial charge on any atom is 0.268 e. The number of alkyl halides is 2. The van der Waals surface area contributed by atoms with E-state index in [4.69, 9.17) is 29.1 Å². The molecule has 0 saturated carbocycles. The molecule has 0 bridgehead atoms. The van der Waals surface area contributed by atoms with Crippen LogP contribution in [-0.4, -0.2) is 45.8 Å².